The van der Waals surface area contributed by atoms with Crippen LogP contribution in [0.15, 0.2) is 24.3 Å². The van der Waals surface area contributed by atoms with Crippen LogP contribution < -0.4 is 0 Å². The Bertz CT molecular complexity index is 1210. The van der Waals surface area contributed by atoms with Crippen LogP contribution >= 0.6 is 0 Å². The largest absolute Gasteiger partial charge is 0.462 e. The zero-order valence-electron chi connectivity index (χ0n) is 37.6. The first-order chi connectivity index (χ1) is 29.0. The van der Waals surface area contributed by atoms with Crippen LogP contribution in [0, 0.1) is 0 Å². The molecule has 0 aromatic carbocycles. The molecule has 0 aromatic heterocycles. The van der Waals surface area contributed by atoms with Crippen molar-refractivity contribution in [2.45, 2.75) is 243 Å². The predicted molar refractivity (Wildman–Crippen MR) is 238 cm³/mol. The number of unbranched alkanes of at least 4 members (excludes halogenated alkanes) is 24. The van der Waals surface area contributed by atoms with Gasteiger partial charge >= 0.3 is 11.9 Å². The molecule has 0 aliphatic carbocycles. The zero-order valence-corrected chi connectivity index (χ0v) is 38.4. The summed E-state index contributed by atoms with van der Waals surface area (Å²) < 4.78 is 54.0. The summed E-state index contributed by atoms with van der Waals surface area (Å²) in [6.45, 7) is 3.72. The Morgan fingerprint density at radius 2 is 0.967 bits per heavy atom. The van der Waals surface area contributed by atoms with Gasteiger partial charge in [-0.1, -0.05) is 160 Å². The predicted octanol–water partition coefficient (Wildman–Crippen LogP) is 10.0. The molecule has 352 valence electrons. The van der Waals surface area contributed by atoms with Crippen LogP contribution in [0.25, 0.3) is 0 Å². The van der Waals surface area contributed by atoms with Gasteiger partial charge in [-0.3, -0.25) is 14.1 Å². The maximum Gasteiger partial charge on any atom is 0.306 e. The van der Waals surface area contributed by atoms with E-state index in [0.29, 0.717) is 12.8 Å². The molecule has 1 saturated heterocycles. The van der Waals surface area contributed by atoms with Crippen molar-refractivity contribution >= 4 is 22.1 Å². The highest BCUT2D eigenvalue weighted by atomic mass is 32.2. The van der Waals surface area contributed by atoms with Crippen molar-refractivity contribution in [3.05, 3.63) is 24.3 Å². The molecule has 12 nitrogen and oxygen atoms in total. The number of hydrogen-bond acceptors (Lipinski definition) is 11. The third kappa shape index (κ3) is 31.9. The van der Waals surface area contributed by atoms with Crippen LogP contribution in [0.2, 0.25) is 0 Å². The van der Waals surface area contributed by atoms with Gasteiger partial charge in [0.15, 0.2) is 12.4 Å². The maximum absolute atomic E-state index is 12.8. The standard InChI is InChI=1S/C47H86O12S/c1-3-5-7-9-11-13-15-16-17-18-19-20-21-22-23-24-26-27-29-31-33-35-42(48)56-37-40(58-43(49)36-34-32-30-28-25-14-12-10-8-6-4-2)38-57-47-46(52)45(51)44(50)41(59-47)39-60(53,54)55/h10,12,16-17,40-41,44-47,50-52H,3-9,11,13-15,18-39H2,1-2H3,(H,53,54,55)/b12-10+,17-16+/t40-,41-,44-,45?,46?,47+/m1/s1. The molecule has 4 N–H and O–H groups in total. The van der Waals surface area contributed by atoms with Crippen LogP contribution in [-0.4, -0.2) is 96.0 Å². The number of ether oxygens (including phenoxy) is 4. The monoisotopic (exact) mass is 875 g/mol. The Balaban J connectivity index is 2.35. The summed E-state index contributed by atoms with van der Waals surface area (Å²) in [6, 6.07) is 0. The number of rotatable bonds is 40. The van der Waals surface area contributed by atoms with Crippen LogP contribution in [0.5, 0.6) is 0 Å². The second-order valence-corrected chi connectivity index (χ2v) is 18.3. The number of allylic oxidation sites excluding steroid dienone is 4. The molecular formula is C47H86O12S. The molecule has 0 aromatic rings. The molecule has 0 spiro atoms. The van der Waals surface area contributed by atoms with Crippen LogP contribution in [-0.2, 0) is 38.7 Å². The third-order valence-corrected chi connectivity index (χ3v) is 11.8. The summed E-state index contributed by atoms with van der Waals surface area (Å²) in [4.78, 5) is 25.4. The van der Waals surface area contributed by atoms with Gasteiger partial charge < -0.3 is 34.3 Å². The fourth-order valence-electron chi connectivity index (χ4n) is 7.24. The van der Waals surface area contributed by atoms with Gasteiger partial charge in [-0.15, -0.1) is 0 Å². The van der Waals surface area contributed by atoms with E-state index in [1.807, 2.05) is 0 Å². The molecule has 0 bridgehead atoms. The maximum atomic E-state index is 12.8. The molecule has 60 heavy (non-hydrogen) atoms. The Morgan fingerprint density at radius 3 is 1.43 bits per heavy atom. The molecule has 1 aliphatic rings. The molecule has 2 unspecified atom stereocenters. The lowest BCUT2D eigenvalue weighted by Gasteiger charge is -2.40. The minimum atomic E-state index is -4.60. The fraction of sp³-hybridized carbons (Fsp3) is 0.872. The SMILES string of the molecule is CCCC/C=C/CCCCCCCC(=O)O[C@H](COC(=O)CCCCCCCCCCCCC/C=C/CCCCCCCC)CO[C@H]1O[C@H](CS(=O)(=O)O)[C@@H](O)C(O)C1O. The number of carbonyl (C=O) groups is 2. The van der Waals surface area contributed by atoms with E-state index in [2.05, 4.69) is 38.2 Å². The first-order valence-corrected chi connectivity index (χ1v) is 25.5. The minimum Gasteiger partial charge on any atom is -0.462 e. The van der Waals surface area contributed by atoms with Gasteiger partial charge in [0.05, 0.1) is 6.61 Å². The van der Waals surface area contributed by atoms with E-state index in [1.54, 1.807) is 0 Å². The normalized spacial score (nSPS) is 20.3. The number of carbonyl (C=O) groups excluding carboxylic acids is 2. The van der Waals surface area contributed by atoms with E-state index in [1.165, 1.54) is 109 Å². The molecule has 0 saturated carbocycles. The summed E-state index contributed by atoms with van der Waals surface area (Å²) in [5.74, 6) is -1.99. The van der Waals surface area contributed by atoms with E-state index in [4.69, 9.17) is 18.9 Å². The molecule has 1 rings (SSSR count). The number of hydrogen-bond donors (Lipinski definition) is 4. The van der Waals surface area contributed by atoms with Crippen molar-refractivity contribution in [2.75, 3.05) is 19.0 Å². The smallest absolute Gasteiger partial charge is 0.306 e. The molecule has 0 radical (unpaired) electrons. The average molecular weight is 875 g/mol. The van der Waals surface area contributed by atoms with E-state index in [9.17, 15) is 37.9 Å². The van der Waals surface area contributed by atoms with Gasteiger partial charge in [0.2, 0.25) is 0 Å². The Kier molecular flexibility index (Phi) is 35.2. The van der Waals surface area contributed by atoms with E-state index in [0.717, 1.165) is 57.8 Å². The summed E-state index contributed by atoms with van der Waals surface area (Å²) in [5, 5.41) is 30.9. The molecule has 1 heterocycles. The van der Waals surface area contributed by atoms with E-state index in [-0.39, 0.29) is 19.4 Å². The average Bonchev–Trinajstić information content (AvgIpc) is 3.21. The lowest BCUT2D eigenvalue weighted by molar-refractivity contribution is -0.297. The molecule has 13 heteroatoms. The third-order valence-electron chi connectivity index (χ3n) is 11.0. The number of aliphatic hydroxyl groups excluding tert-OH is 3. The molecule has 1 aliphatic heterocycles. The zero-order chi connectivity index (χ0) is 44.1. The summed E-state index contributed by atoms with van der Waals surface area (Å²) in [6.07, 6.45) is 32.3. The van der Waals surface area contributed by atoms with Crippen molar-refractivity contribution < 1.29 is 56.8 Å². The highest BCUT2D eigenvalue weighted by Crippen LogP contribution is 2.24. The van der Waals surface area contributed by atoms with Crippen LogP contribution in [0.3, 0.4) is 0 Å². The van der Waals surface area contributed by atoms with Crippen molar-refractivity contribution in [3.63, 3.8) is 0 Å². The van der Waals surface area contributed by atoms with Crippen LogP contribution in [0.4, 0.5) is 0 Å². The van der Waals surface area contributed by atoms with Crippen LogP contribution in [0.1, 0.15) is 206 Å². The van der Waals surface area contributed by atoms with Gasteiger partial charge in [-0.2, -0.15) is 8.42 Å². The number of aliphatic hydroxyl groups is 3. The topological polar surface area (TPSA) is 186 Å². The second-order valence-electron chi connectivity index (χ2n) is 16.8. The highest BCUT2D eigenvalue weighted by molar-refractivity contribution is 7.85. The Hall–Kier alpha value is -1.87. The first kappa shape index (κ1) is 56.1. The Morgan fingerprint density at radius 1 is 0.550 bits per heavy atom. The molecule has 1 fully saturated rings. The Labute approximate surface area is 364 Å². The lowest BCUT2D eigenvalue weighted by Crippen LogP contribution is -2.60. The lowest BCUT2D eigenvalue weighted by atomic mass is 10.00. The molecular weight excluding hydrogens is 789 g/mol. The summed E-state index contributed by atoms with van der Waals surface area (Å²) in [5.41, 5.74) is 0. The van der Waals surface area contributed by atoms with Crippen molar-refractivity contribution in [1.82, 2.24) is 0 Å². The van der Waals surface area contributed by atoms with Crippen molar-refractivity contribution in [3.8, 4) is 0 Å². The molecule has 6 atom stereocenters. The second kappa shape index (κ2) is 37.7. The van der Waals surface area contributed by atoms with Gasteiger partial charge in [0, 0.05) is 12.8 Å². The summed E-state index contributed by atoms with van der Waals surface area (Å²) in [7, 11) is -4.60. The van der Waals surface area contributed by atoms with Crippen molar-refractivity contribution in [2.24, 2.45) is 0 Å². The fourth-order valence-corrected chi connectivity index (χ4v) is 7.93. The quantitative estimate of drug-likeness (QED) is 0.0198. The first-order valence-electron chi connectivity index (χ1n) is 23.9. The van der Waals surface area contributed by atoms with Gasteiger partial charge in [0.25, 0.3) is 10.1 Å². The highest BCUT2D eigenvalue weighted by Gasteiger charge is 2.46. The van der Waals surface area contributed by atoms with Gasteiger partial charge in [0.1, 0.15) is 36.8 Å². The summed E-state index contributed by atoms with van der Waals surface area (Å²) >= 11 is 0. The van der Waals surface area contributed by atoms with E-state index < -0.39 is 71.2 Å². The van der Waals surface area contributed by atoms with Gasteiger partial charge in [-0.25, -0.2) is 0 Å². The van der Waals surface area contributed by atoms with Crippen molar-refractivity contribution in [1.29, 1.82) is 0 Å². The molecule has 0 amide bonds. The minimum absolute atomic E-state index is 0.155. The van der Waals surface area contributed by atoms with Gasteiger partial charge in [-0.05, 0) is 57.8 Å². The number of esters is 2. The van der Waals surface area contributed by atoms with E-state index >= 15 is 0 Å².